The monoisotopic (exact) mass is 281 g/mol. The van der Waals surface area contributed by atoms with Crippen LogP contribution in [0.5, 0.6) is 0 Å². The third-order valence-corrected chi connectivity index (χ3v) is 5.68. The van der Waals surface area contributed by atoms with Crippen molar-refractivity contribution in [3.8, 4) is 6.07 Å². The number of nitrogen functional groups attached to an aromatic ring is 1. The molecule has 0 spiro atoms. The van der Waals surface area contributed by atoms with E-state index in [0.717, 1.165) is 23.9 Å². The SMILES string of the molecule is CCN(CC1CCC1)c1sc(C#N)c(N)c1SC. The van der Waals surface area contributed by atoms with Crippen LogP contribution >= 0.6 is 23.1 Å². The zero-order chi connectivity index (χ0) is 13.1. The lowest BCUT2D eigenvalue weighted by Gasteiger charge is -2.32. The van der Waals surface area contributed by atoms with Crippen molar-refractivity contribution in [1.82, 2.24) is 0 Å². The summed E-state index contributed by atoms with van der Waals surface area (Å²) in [5, 5.41) is 10.3. The number of thiophene rings is 1. The van der Waals surface area contributed by atoms with Crippen LogP contribution in [0, 0.1) is 17.2 Å². The fourth-order valence-electron chi connectivity index (χ4n) is 2.25. The first-order chi connectivity index (χ1) is 8.71. The first-order valence-electron chi connectivity index (χ1n) is 6.32. The molecule has 18 heavy (non-hydrogen) atoms. The fourth-order valence-corrected chi connectivity index (χ4v) is 4.30. The van der Waals surface area contributed by atoms with Crippen LogP contribution in [0.25, 0.3) is 0 Å². The Labute approximate surface area is 117 Å². The van der Waals surface area contributed by atoms with Crippen molar-refractivity contribution in [1.29, 1.82) is 5.26 Å². The minimum absolute atomic E-state index is 0.654. The van der Waals surface area contributed by atoms with Crippen LogP contribution in [-0.2, 0) is 0 Å². The summed E-state index contributed by atoms with van der Waals surface area (Å²) in [5.74, 6) is 0.827. The number of nitrogens with zero attached hydrogens (tertiary/aromatic N) is 2. The summed E-state index contributed by atoms with van der Waals surface area (Å²) in [6.07, 6.45) is 6.09. The van der Waals surface area contributed by atoms with Crippen molar-refractivity contribution in [2.24, 2.45) is 5.92 Å². The van der Waals surface area contributed by atoms with Gasteiger partial charge in [0.15, 0.2) is 0 Å². The van der Waals surface area contributed by atoms with Crippen LogP contribution in [-0.4, -0.2) is 19.3 Å². The van der Waals surface area contributed by atoms with Gasteiger partial charge >= 0.3 is 0 Å². The van der Waals surface area contributed by atoms with Gasteiger partial charge in [0.25, 0.3) is 0 Å². The Kier molecular flexibility index (Phi) is 4.41. The summed E-state index contributed by atoms with van der Waals surface area (Å²) in [6, 6.07) is 2.20. The highest BCUT2D eigenvalue weighted by molar-refractivity contribution is 7.99. The van der Waals surface area contributed by atoms with Gasteiger partial charge in [-0.3, -0.25) is 0 Å². The smallest absolute Gasteiger partial charge is 0.131 e. The van der Waals surface area contributed by atoms with E-state index in [1.165, 1.54) is 35.6 Å². The highest BCUT2D eigenvalue weighted by Gasteiger charge is 2.24. The lowest BCUT2D eigenvalue weighted by Crippen LogP contribution is -2.32. The molecule has 0 bridgehead atoms. The number of hydrogen-bond acceptors (Lipinski definition) is 5. The molecule has 1 aromatic heterocycles. The van der Waals surface area contributed by atoms with Crippen molar-refractivity contribution in [3.63, 3.8) is 0 Å². The Morgan fingerprint density at radius 3 is 2.72 bits per heavy atom. The molecule has 2 rings (SSSR count). The molecule has 1 aromatic rings. The van der Waals surface area contributed by atoms with Gasteiger partial charge in [0.1, 0.15) is 15.9 Å². The van der Waals surface area contributed by atoms with Crippen LogP contribution in [0.3, 0.4) is 0 Å². The van der Waals surface area contributed by atoms with Gasteiger partial charge in [0.05, 0.1) is 10.6 Å². The summed E-state index contributed by atoms with van der Waals surface area (Å²) >= 11 is 3.19. The van der Waals surface area contributed by atoms with E-state index in [-0.39, 0.29) is 0 Å². The highest BCUT2D eigenvalue weighted by atomic mass is 32.2. The number of rotatable bonds is 5. The maximum absolute atomic E-state index is 9.10. The second-order valence-corrected chi connectivity index (χ2v) is 6.45. The normalized spacial score (nSPS) is 15.2. The molecule has 0 atom stereocenters. The molecule has 1 aliphatic carbocycles. The molecule has 0 amide bonds. The molecule has 0 aromatic carbocycles. The maximum Gasteiger partial charge on any atom is 0.131 e. The van der Waals surface area contributed by atoms with Gasteiger partial charge in [-0.15, -0.1) is 23.1 Å². The van der Waals surface area contributed by atoms with Crippen molar-refractivity contribution in [2.45, 2.75) is 31.1 Å². The van der Waals surface area contributed by atoms with E-state index in [2.05, 4.69) is 17.9 Å². The molecule has 0 aliphatic heterocycles. The summed E-state index contributed by atoms with van der Waals surface area (Å²) in [6.45, 7) is 4.26. The van der Waals surface area contributed by atoms with Gasteiger partial charge in [-0.05, 0) is 31.9 Å². The predicted molar refractivity (Wildman–Crippen MR) is 80.5 cm³/mol. The lowest BCUT2D eigenvalue weighted by atomic mass is 9.85. The Morgan fingerprint density at radius 1 is 1.56 bits per heavy atom. The van der Waals surface area contributed by atoms with Crippen LogP contribution in [0.4, 0.5) is 10.7 Å². The molecule has 98 valence electrons. The standard InChI is InChI=1S/C13H19N3S2/c1-3-16(8-9-5-4-6-9)13-12(17-2)11(15)10(7-14)18-13/h9H,3-6,8,15H2,1-2H3. The van der Waals surface area contributed by atoms with Crippen LogP contribution in [0.2, 0.25) is 0 Å². The lowest BCUT2D eigenvalue weighted by molar-refractivity contribution is 0.318. The van der Waals surface area contributed by atoms with Gasteiger partial charge in [0.2, 0.25) is 0 Å². The quantitative estimate of drug-likeness (QED) is 0.839. The Morgan fingerprint density at radius 2 is 2.28 bits per heavy atom. The fraction of sp³-hybridized carbons (Fsp3) is 0.615. The second kappa shape index (κ2) is 5.85. The summed E-state index contributed by atoms with van der Waals surface area (Å²) in [5.41, 5.74) is 6.70. The Balaban J connectivity index is 2.26. The Hall–Kier alpha value is -0.860. The maximum atomic E-state index is 9.10. The van der Waals surface area contributed by atoms with Crippen molar-refractivity contribution in [2.75, 3.05) is 30.0 Å². The molecule has 1 fully saturated rings. The molecule has 1 saturated carbocycles. The van der Waals surface area contributed by atoms with E-state index in [1.807, 2.05) is 6.26 Å². The van der Waals surface area contributed by atoms with Crippen molar-refractivity contribution >= 4 is 33.8 Å². The van der Waals surface area contributed by atoms with Crippen LogP contribution in [0.15, 0.2) is 4.90 Å². The molecule has 2 N–H and O–H groups in total. The van der Waals surface area contributed by atoms with Gasteiger partial charge in [-0.25, -0.2) is 0 Å². The molecule has 0 radical (unpaired) electrons. The van der Waals surface area contributed by atoms with Gasteiger partial charge < -0.3 is 10.6 Å². The van der Waals surface area contributed by atoms with Crippen LogP contribution in [0.1, 0.15) is 31.1 Å². The average Bonchev–Trinajstić information content (AvgIpc) is 2.64. The summed E-state index contributed by atoms with van der Waals surface area (Å²) in [4.78, 5) is 4.12. The number of hydrogen-bond donors (Lipinski definition) is 1. The summed E-state index contributed by atoms with van der Waals surface area (Å²) in [7, 11) is 0. The third-order valence-electron chi connectivity index (χ3n) is 3.56. The molecular weight excluding hydrogens is 262 g/mol. The number of nitrogens with two attached hydrogens (primary N) is 1. The zero-order valence-corrected chi connectivity index (χ0v) is 12.5. The van der Waals surface area contributed by atoms with Gasteiger partial charge in [0, 0.05) is 13.1 Å². The minimum atomic E-state index is 0.654. The third kappa shape index (κ3) is 2.45. The van der Waals surface area contributed by atoms with E-state index < -0.39 is 0 Å². The molecule has 0 unspecified atom stereocenters. The van der Waals surface area contributed by atoms with E-state index in [9.17, 15) is 0 Å². The van der Waals surface area contributed by atoms with E-state index >= 15 is 0 Å². The first kappa shape index (κ1) is 13.6. The second-order valence-electron chi connectivity index (χ2n) is 4.63. The molecule has 5 heteroatoms. The minimum Gasteiger partial charge on any atom is -0.396 e. The molecule has 1 heterocycles. The molecule has 1 aliphatic rings. The zero-order valence-electron chi connectivity index (χ0n) is 10.9. The van der Waals surface area contributed by atoms with Crippen molar-refractivity contribution < 1.29 is 0 Å². The number of nitriles is 1. The molecular formula is C13H19N3S2. The van der Waals surface area contributed by atoms with Gasteiger partial charge in [-0.1, -0.05) is 6.42 Å². The topological polar surface area (TPSA) is 53.0 Å². The Bertz CT molecular complexity index is 458. The van der Waals surface area contributed by atoms with E-state index in [1.54, 1.807) is 11.8 Å². The largest absolute Gasteiger partial charge is 0.396 e. The first-order valence-corrected chi connectivity index (χ1v) is 8.36. The van der Waals surface area contributed by atoms with Crippen LogP contribution < -0.4 is 10.6 Å². The van der Waals surface area contributed by atoms with E-state index in [4.69, 9.17) is 11.0 Å². The molecule has 0 saturated heterocycles. The van der Waals surface area contributed by atoms with Crippen molar-refractivity contribution in [3.05, 3.63) is 4.88 Å². The average molecular weight is 281 g/mol. The number of thioether (sulfide) groups is 1. The highest BCUT2D eigenvalue weighted by Crippen LogP contribution is 2.44. The number of anilines is 2. The predicted octanol–water partition coefficient (Wildman–Crippen LogP) is 3.55. The van der Waals surface area contributed by atoms with E-state index in [0.29, 0.717) is 10.6 Å². The van der Waals surface area contributed by atoms with Gasteiger partial charge in [-0.2, -0.15) is 5.26 Å². The summed E-state index contributed by atoms with van der Waals surface area (Å²) < 4.78 is 0. The molecule has 3 nitrogen and oxygen atoms in total.